The Morgan fingerprint density at radius 2 is 1.75 bits per heavy atom. The molecule has 16 nitrogen and oxygen atoms in total. The lowest BCUT2D eigenvalue weighted by Gasteiger charge is -2.27. The van der Waals surface area contributed by atoms with Gasteiger partial charge in [-0.15, -0.1) is 0 Å². The van der Waals surface area contributed by atoms with Crippen molar-refractivity contribution < 1.29 is 44.6 Å². The van der Waals surface area contributed by atoms with E-state index in [9.17, 15) is 30.7 Å². The predicted octanol–water partition coefficient (Wildman–Crippen LogP) is 4.00. The molecule has 1 amide bonds. The van der Waals surface area contributed by atoms with E-state index < -0.39 is 36.1 Å². The lowest BCUT2D eigenvalue weighted by molar-refractivity contribution is -0.119. The highest BCUT2D eigenvalue weighted by Gasteiger charge is 2.34. The standard InChI is InChI=1S/C28H30Cl2N6O10S2/c1-12(33-11-44-4)9-31-17-7-5-15-23(27(17)47(38,39)40)45-25-19(29)22-26(20(30)21(25)35-15)46-24-16(36-22)6-8-18(28(24)48(41,42)43)32-10-13(2)34-14(3)37/h5-8,12-13,32-33,36H,9-11H2,1-4H3,(H,34,37)(H,38,39,40)(H,41,42,43). The van der Waals surface area contributed by atoms with E-state index in [0.717, 1.165) is 0 Å². The second-order valence-corrected chi connectivity index (χ2v) is 14.3. The van der Waals surface area contributed by atoms with E-state index in [1.54, 1.807) is 13.8 Å². The first-order chi connectivity index (χ1) is 22.5. The molecule has 0 aromatic heterocycles. The van der Waals surface area contributed by atoms with Crippen molar-refractivity contribution in [1.29, 1.82) is 0 Å². The molecular weight excluding hydrogens is 715 g/mol. The normalized spacial score (nSPS) is 14.5. The van der Waals surface area contributed by atoms with E-state index in [2.05, 4.69) is 31.2 Å². The molecule has 6 N–H and O–H groups in total. The summed E-state index contributed by atoms with van der Waals surface area (Å²) in [4.78, 5) is 18.9. The number of hydrogen-bond donors (Lipinski definition) is 6. The number of amides is 1. The fraction of sp³-hybridized carbons (Fsp3) is 0.321. The Kier molecular flexibility index (Phi) is 10.1. The number of nitrogens with one attached hydrogen (secondary N) is 4. The second-order valence-electron chi connectivity index (χ2n) is 10.8. The maximum Gasteiger partial charge on any atom is 0.300 e. The summed E-state index contributed by atoms with van der Waals surface area (Å²) < 4.78 is 87.7. The number of aromatic nitrogens is 1. The van der Waals surface area contributed by atoms with Crippen LogP contribution in [0.5, 0.6) is 11.5 Å². The molecule has 2 aromatic carbocycles. The summed E-state index contributed by atoms with van der Waals surface area (Å²) in [6.07, 6.45) is 0. The zero-order chi connectivity index (χ0) is 35.1. The average Bonchev–Trinajstić information content (AvgIpc) is 3.00. The Bertz CT molecular complexity index is 2200. The molecule has 48 heavy (non-hydrogen) atoms. The molecule has 2 unspecified atom stereocenters. The van der Waals surface area contributed by atoms with E-state index in [4.69, 9.17) is 37.1 Å². The largest absolute Gasteiger partial charge is 0.450 e. The molecular formula is C28H30Cl2N6O10S2. The SMILES string of the molecule is COCNC(C)CN=c1ccc2nc3c(Cl)c4c(c(Cl)c3oc-2c1S(=O)(=O)O)Nc1ccc(NCC(C)NC(C)=O)c(S(=O)(=O)O)c1O4. The quantitative estimate of drug-likeness (QED) is 0.0638. The first-order valence-corrected chi connectivity index (χ1v) is 17.7. The van der Waals surface area contributed by atoms with Crippen molar-refractivity contribution in [2.45, 2.75) is 42.6 Å². The monoisotopic (exact) mass is 744 g/mol. The van der Waals surface area contributed by atoms with Gasteiger partial charge < -0.3 is 29.8 Å². The van der Waals surface area contributed by atoms with E-state index in [1.165, 1.54) is 38.3 Å². The number of rotatable bonds is 11. The van der Waals surface area contributed by atoms with Crippen molar-refractivity contribution in [3.05, 3.63) is 39.7 Å². The fourth-order valence-corrected chi connectivity index (χ4v) is 7.04. The van der Waals surface area contributed by atoms with Crippen molar-refractivity contribution in [3.8, 4) is 23.0 Å². The Balaban J connectivity index is 1.65. The van der Waals surface area contributed by atoms with Crippen LogP contribution in [0.25, 0.3) is 22.6 Å². The number of ether oxygens (including phenoxy) is 2. The van der Waals surface area contributed by atoms with Gasteiger partial charge in [0.1, 0.15) is 26.9 Å². The van der Waals surface area contributed by atoms with Gasteiger partial charge in [-0.25, -0.2) is 4.98 Å². The lowest BCUT2D eigenvalue weighted by atomic mass is 10.1. The third-order valence-electron chi connectivity index (χ3n) is 7.03. The molecule has 2 aliphatic heterocycles. The number of carbonyl (C=O) groups is 1. The van der Waals surface area contributed by atoms with Gasteiger partial charge in [-0.3, -0.25) is 24.2 Å². The van der Waals surface area contributed by atoms with Gasteiger partial charge in [0.15, 0.2) is 32.6 Å². The number of nitrogens with zero attached hydrogens (tertiary/aromatic N) is 2. The van der Waals surface area contributed by atoms with Crippen LogP contribution >= 0.6 is 23.2 Å². The highest BCUT2D eigenvalue weighted by atomic mass is 35.5. The minimum Gasteiger partial charge on any atom is -0.450 e. The van der Waals surface area contributed by atoms with E-state index in [-0.39, 0.29) is 98.3 Å². The van der Waals surface area contributed by atoms with Crippen LogP contribution in [0.15, 0.2) is 43.5 Å². The van der Waals surface area contributed by atoms with Crippen LogP contribution in [-0.4, -0.2) is 75.8 Å². The Labute approximate surface area is 284 Å². The molecule has 2 aromatic rings. The average molecular weight is 746 g/mol. The minimum absolute atomic E-state index is 0.0140. The zero-order valence-electron chi connectivity index (χ0n) is 25.7. The molecule has 1 aliphatic carbocycles. The smallest absolute Gasteiger partial charge is 0.300 e. The lowest BCUT2D eigenvalue weighted by Crippen LogP contribution is -2.36. The molecule has 2 heterocycles. The predicted molar refractivity (Wildman–Crippen MR) is 177 cm³/mol. The molecule has 3 aliphatic rings. The van der Waals surface area contributed by atoms with Gasteiger partial charge in [-0.1, -0.05) is 23.2 Å². The van der Waals surface area contributed by atoms with Gasteiger partial charge in [0, 0.05) is 32.7 Å². The molecule has 20 heteroatoms. The number of hydrogen-bond acceptors (Lipinski definition) is 13. The topological polar surface area (TPSA) is 231 Å². The Hall–Kier alpha value is -3.75. The number of halogens is 2. The third kappa shape index (κ3) is 7.15. The summed E-state index contributed by atoms with van der Waals surface area (Å²) in [6.45, 7) is 5.30. The van der Waals surface area contributed by atoms with Crippen LogP contribution in [-0.2, 0) is 29.8 Å². The molecule has 5 rings (SSSR count). The summed E-state index contributed by atoms with van der Waals surface area (Å²) in [7, 11) is -8.31. The number of methoxy groups -OCH3 is 1. The van der Waals surface area contributed by atoms with Crippen LogP contribution < -0.4 is 31.4 Å². The van der Waals surface area contributed by atoms with Gasteiger partial charge in [0.05, 0.1) is 30.0 Å². The summed E-state index contributed by atoms with van der Waals surface area (Å²) in [5.74, 6) is -1.12. The number of anilines is 3. The maximum absolute atomic E-state index is 12.6. The summed E-state index contributed by atoms with van der Waals surface area (Å²) in [5, 5.41) is 11.0. The summed E-state index contributed by atoms with van der Waals surface area (Å²) in [6, 6.07) is 4.96. The molecule has 0 radical (unpaired) electrons. The van der Waals surface area contributed by atoms with Gasteiger partial charge in [0.2, 0.25) is 5.91 Å². The fourth-order valence-electron chi connectivity index (χ4n) is 4.94. The van der Waals surface area contributed by atoms with Crippen LogP contribution in [0.1, 0.15) is 20.8 Å². The van der Waals surface area contributed by atoms with Crippen LogP contribution in [0, 0.1) is 0 Å². The van der Waals surface area contributed by atoms with Crippen molar-refractivity contribution in [2.24, 2.45) is 4.99 Å². The van der Waals surface area contributed by atoms with Gasteiger partial charge >= 0.3 is 10.1 Å². The molecule has 0 fully saturated rings. The van der Waals surface area contributed by atoms with Crippen molar-refractivity contribution in [1.82, 2.24) is 15.6 Å². The van der Waals surface area contributed by atoms with Crippen molar-refractivity contribution >= 4 is 77.5 Å². The number of fused-ring (bicyclic) bond motifs is 4. The van der Waals surface area contributed by atoms with Crippen LogP contribution in [0.2, 0.25) is 10.0 Å². The van der Waals surface area contributed by atoms with E-state index in [1.807, 2.05) is 0 Å². The van der Waals surface area contributed by atoms with Crippen LogP contribution in [0.3, 0.4) is 0 Å². The second kappa shape index (κ2) is 13.6. The first kappa shape index (κ1) is 35.6. The number of carbonyl (C=O) groups excluding carboxylic acids is 1. The number of benzene rings is 3. The molecule has 0 saturated heterocycles. The summed E-state index contributed by atoms with van der Waals surface area (Å²) >= 11 is 13.5. The Morgan fingerprint density at radius 1 is 1.04 bits per heavy atom. The summed E-state index contributed by atoms with van der Waals surface area (Å²) in [5.41, 5.74) is -0.264. The van der Waals surface area contributed by atoms with Crippen LogP contribution in [0.4, 0.5) is 17.1 Å². The van der Waals surface area contributed by atoms with E-state index >= 15 is 0 Å². The van der Waals surface area contributed by atoms with Gasteiger partial charge in [-0.05, 0) is 38.1 Å². The van der Waals surface area contributed by atoms with Crippen molar-refractivity contribution in [3.63, 3.8) is 0 Å². The Morgan fingerprint density at radius 3 is 2.40 bits per heavy atom. The minimum atomic E-state index is -4.91. The zero-order valence-corrected chi connectivity index (χ0v) is 28.9. The highest BCUT2D eigenvalue weighted by molar-refractivity contribution is 7.86. The molecule has 0 bridgehead atoms. The molecule has 258 valence electrons. The molecule has 2 atom stereocenters. The van der Waals surface area contributed by atoms with Gasteiger partial charge in [0.25, 0.3) is 10.1 Å². The first-order valence-electron chi connectivity index (χ1n) is 14.1. The molecule has 0 spiro atoms. The van der Waals surface area contributed by atoms with Gasteiger partial charge in [-0.2, -0.15) is 16.8 Å². The highest BCUT2D eigenvalue weighted by Crippen LogP contribution is 2.55. The third-order valence-corrected chi connectivity index (χ3v) is 9.57. The van der Waals surface area contributed by atoms with E-state index in [0.29, 0.717) is 0 Å². The molecule has 0 saturated carbocycles. The maximum atomic E-state index is 12.6. The van der Waals surface area contributed by atoms with Crippen molar-refractivity contribution in [2.75, 3.05) is 37.6 Å².